The van der Waals surface area contributed by atoms with Crippen LogP contribution in [0.3, 0.4) is 0 Å². The Balaban J connectivity index is 2.44. The minimum atomic E-state index is 0.216. The van der Waals surface area contributed by atoms with Gasteiger partial charge in [-0.3, -0.25) is 4.99 Å². The summed E-state index contributed by atoms with van der Waals surface area (Å²) in [5, 5.41) is 6.00. The Morgan fingerprint density at radius 3 is 2.53 bits per heavy atom. The fourth-order valence-corrected chi connectivity index (χ4v) is 1.83. The first-order valence-electron chi connectivity index (χ1n) is 6.21. The predicted molar refractivity (Wildman–Crippen MR) is 82.7 cm³/mol. The Hall–Kier alpha value is -2.36. The van der Waals surface area contributed by atoms with Crippen LogP contribution in [0.2, 0.25) is 0 Å². The molecule has 0 aliphatic rings. The molecule has 2 aromatic rings. The SMILES string of the molecule is CC(C)N=C/C(=N\N)c1ccc2ccc(N)cc2c1. The quantitative estimate of drug-likeness (QED) is 0.382. The van der Waals surface area contributed by atoms with E-state index in [-0.39, 0.29) is 6.04 Å². The van der Waals surface area contributed by atoms with Gasteiger partial charge in [-0.05, 0) is 42.8 Å². The molecule has 0 heterocycles. The number of hydrazone groups is 1. The summed E-state index contributed by atoms with van der Waals surface area (Å²) >= 11 is 0. The Kier molecular flexibility index (Phi) is 3.80. The highest BCUT2D eigenvalue weighted by atomic mass is 15.1. The lowest BCUT2D eigenvalue weighted by molar-refractivity contribution is 0.842. The van der Waals surface area contributed by atoms with Crippen molar-refractivity contribution in [3.63, 3.8) is 0 Å². The summed E-state index contributed by atoms with van der Waals surface area (Å²) in [6, 6.07) is 12.1. The number of fused-ring (bicyclic) bond motifs is 1. The number of hydrogen-bond donors (Lipinski definition) is 2. The summed E-state index contributed by atoms with van der Waals surface area (Å²) in [7, 11) is 0. The normalized spacial score (nSPS) is 12.7. The third-order valence-corrected chi connectivity index (χ3v) is 2.79. The van der Waals surface area contributed by atoms with Gasteiger partial charge in [0, 0.05) is 23.5 Å². The summed E-state index contributed by atoms with van der Waals surface area (Å²) in [6.45, 7) is 4.01. The number of anilines is 1. The molecule has 4 nitrogen and oxygen atoms in total. The molecule has 2 aromatic carbocycles. The molecule has 0 fully saturated rings. The maximum Gasteiger partial charge on any atom is 0.108 e. The van der Waals surface area contributed by atoms with Crippen LogP contribution >= 0.6 is 0 Å². The van der Waals surface area contributed by atoms with Crippen LogP contribution in [-0.4, -0.2) is 18.0 Å². The zero-order chi connectivity index (χ0) is 13.8. The molecule has 0 atom stereocenters. The minimum absolute atomic E-state index is 0.216. The molecule has 4 N–H and O–H groups in total. The first-order valence-corrected chi connectivity index (χ1v) is 6.21. The molecule has 0 saturated carbocycles. The van der Waals surface area contributed by atoms with Gasteiger partial charge in [0.05, 0.1) is 0 Å². The van der Waals surface area contributed by atoms with Crippen molar-refractivity contribution in [2.45, 2.75) is 19.9 Å². The largest absolute Gasteiger partial charge is 0.399 e. The van der Waals surface area contributed by atoms with Crippen LogP contribution in [0.15, 0.2) is 46.5 Å². The third-order valence-electron chi connectivity index (χ3n) is 2.79. The minimum Gasteiger partial charge on any atom is -0.399 e. The van der Waals surface area contributed by atoms with E-state index in [2.05, 4.69) is 10.1 Å². The van der Waals surface area contributed by atoms with E-state index in [9.17, 15) is 0 Å². The summed E-state index contributed by atoms with van der Waals surface area (Å²) in [5.74, 6) is 5.44. The van der Waals surface area contributed by atoms with E-state index in [1.807, 2.05) is 50.2 Å². The lowest BCUT2D eigenvalue weighted by atomic mass is 10.0. The molecule has 0 bridgehead atoms. The van der Waals surface area contributed by atoms with Gasteiger partial charge in [0.15, 0.2) is 0 Å². The monoisotopic (exact) mass is 254 g/mol. The van der Waals surface area contributed by atoms with Crippen LogP contribution in [-0.2, 0) is 0 Å². The fraction of sp³-hybridized carbons (Fsp3) is 0.200. The maximum absolute atomic E-state index is 5.80. The van der Waals surface area contributed by atoms with Gasteiger partial charge >= 0.3 is 0 Å². The maximum atomic E-state index is 5.80. The molecular weight excluding hydrogens is 236 g/mol. The molecule has 98 valence electrons. The number of benzene rings is 2. The van der Waals surface area contributed by atoms with Crippen molar-refractivity contribution in [2.24, 2.45) is 15.9 Å². The van der Waals surface area contributed by atoms with E-state index in [4.69, 9.17) is 11.6 Å². The molecule has 0 radical (unpaired) electrons. The molecule has 0 aliphatic carbocycles. The summed E-state index contributed by atoms with van der Waals surface area (Å²) in [4.78, 5) is 4.31. The molecule has 19 heavy (non-hydrogen) atoms. The van der Waals surface area contributed by atoms with Gasteiger partial charge < -0.3 is 11.6 Å². The van der Waals surface area contributed by atoms with Crippen molar-refractivity contribution in [1.29, 1.82) is 0 Å². The second kappa shape index (κ2) is 5.52. The van der Waals surface area contributed by atoms with Crippen LogP contribution in [0.1, 0.15) is 19.4 Å². The first-order chi connectivity index (χ1) is 9.10. The van der Waals surface area contributed by atoms with Crippen molar-refractivity contribution < 1.29 is 0 Å². The Morgan fingerprint density at radius 2 is 1.84 bits per heavy atom. The molecule has 0 aliphatic heterocycles. The highest BCUT2D eigenvalue weighted by Crippen LogP contribution is 2.19. The van der Waals surface area contributed by atoms with Crippen molar-refractivity contribution in [3.8, 4) is 0 Å². The third kappa shape index (κ3) is 3.10. The zero-order valence-electron chi connectivity index (χ0n) is 11.2. The second-order valence-electron chi connectivity index (χ2n) is 4.71. The first kappa shape index (κ1) is 13.1. The van der Waals surface area contributed by atoms with E-state index in [1.54, 1.807) is 6.21 Å². The van der Waals surface area contributed by atoms with Crippen LogP contribution in [0.25, 0.3) is 10.8 Å². The van der Waals surface area contributed by atoms with Crippen molar-refractivity contribution in [3.05, 3.63) is 42.0 Å². The van der Waals surface area contributed by atoms with Gasteiger partial charge in [0.1, 0.15) is 5.71 Å². The van der Waals surface area contributed by atoms with Gasteiger partial charge in [-0.15, -0.1) is 0 Å². The molecule has 0 unspecified atom stereocenters. The topological polar surface area (TPSA) is 76.8 Å². The molecule has 2 rings (SSSR count). The molecule has 0 amide bonds. The Morgan fingerprint density at radius 1 is 1.11 bits per heavy atom. The number of aliphatic imine (C=N–C) groups is 1. The Bertz CT molecular complexity index is 642. The highest BCUT2D eigenvalue weighted by molar-refractivity contribution is 6.38. The zero-order valence-corrected chi connectivity index (χ0v) is 11.2. The molecular formula is C15H18N4. The molecule has 0 saturated heterocycles. The molecule has 0 spiro atoms. The van der Waals surface area contributed by atoms with Gasteiger partial charge in [0.25, 0.3) is 0 Å². The van der Waals surface area contributed by atoms with Crippen molar-refractivity contribution in [1.82, 2.24) is 0 Å². The fourth-order valence-electron chi connectivity index (χ4n) is 1.83. The summed E-state index contributed by atoms with van der Waals surface area (Å²) in [5.41, 5.74) is 8.14. The number of rotatable bonds is 3. The van der Waals surface area contributed by atoms with Crippen molar-refractivity contribution in [2.75, 3.05) is 5.73 Å². The van der Waals surface area contributed by atoms with E-state index in [0.717, 1.165) is 22.0 Å². The van der Waals surface area contributed by atoms with Crippen LogP contribution in [0.4, 0.5) is 5.69 Å². The number of nitrogens with two attached hydrogens (primary N) is 2. The average molecular weight is 254 g/mol. The van der Waals surface area contributed by atoms with E-state index >= 15 is 0 Å². The van der Waals surface area contributed by atoms with Crippen LogP contribution in [0, 0.1) is 0 Å². The van der Waals surface area contributed by atoms with E-state index < -0.39 is 0 Å². The smallest absolute Gasteiger partial charge is 0.108 e. The van der Waals surface area contributed by atoms with E-state index in [0.29, 0.717) is 5.71 Å². The van der Waals surface area contributed by atoms with Gasteiger partial charge in [-0.2, -0.15) is 5.10 Å². The van der Waals surface area contributed by atoms with Gasteiger partial charge in [-0.1, -0.05) is 18.2 Å². The lowest BCUT2D eigenvalue weighted by Crippen LogP contribution is -2.07. The van der Waals surface area contributed by atoms with Gasteiger partial charge in [-0.25, -0.2) is 0 Å². The molecule has 4 heteroatoms. The lowest BCUT2D eigenvalue weighted by Gasteiger charge is -2.04. The second-order valence-corrected chi connectivity index (χ2v) is 4.71. The predicted octanol–water partition coefficient (Wildman–Crippen LogP) is 2.56. The number of hydrogen-bond acceptors (Lipinski definition) is 4. The molecule has 0 aromatic heterocycles. The summed E-state index contributed by atoms with van der Waals surface area (Å²) < 4.78 is 0. The number of nitrogen functional groups attached to an aromatic ring is 1. The van der Waals surface area contributed by atoms with Gasteiger partial charge in [0.2, 0.25) is 0 Å². The van der Waals surface area contributed by atoms with Crippen LogP contribution in [0.5, 0.6) is 0 Å². The Labute approximate surface area is 112 Å². The average Bonchev–Trinajstić information content (AvgIpc) is 2.38. The summed E-state index contributed by atoms with van der Waals surface area (Å²) in [6.07, 6.45) is 1.71. The van der Waals surface area contributed by atoms with Crippen molar-refractivity contribution >= 4 is 28.4 Å². The highest BCUT2D eigenvalue weighted by Gasteiger charge is 2.03. The number of nitrogens with zero attached hydrogens (tertiary/aromatic N) is 2. The van der Waals surface area contributed by atoms with E-state index in [1.165, 1.54) is 0 Å². The standard InChI is InChI=1S/C15H18N4/c1-10(2)18-9-15(19-17)12-4-3-11-5-6-14(16)8-13(11)7-12/h3-10H,16-17H2,1-2H3/b18-9?,19-15+. The van der Waals surface area contributed by atoms with Crippen LogP contribution < -0.4 is 11.6 Å².